The van der Waals surface area contributed by atoms with Crippen molar-refractivity contribution in [3.05, 3.63) is 74.1 Å². The van der Waals surface area contributed by atoms with Crippen molar-refractivity contribution < 1.29 is 4.79 Å². The second kappa shape index (κ2) is 6.59. The van der Waals surface area contributed by atoms with Crippen LogP contribution in [0.1, 0.15) is 34.6 Å². The minimum Gasteiger partial charge on any atom is -0.344 e. The summed E-state index contributed by atoms with van der Waals surface area (Å²) in [5.41, 5.74) is 1.52. The molecule has 1 unspecified atom stereocenters. The average molecular weight is 352 g/mol. The van der Waals surface area contributed by atoms with E-state index in [-0.39, 0.29) is 28.7 Å². The van der Waals surface area contributed by atoms with Crippen LogP contribution in [0.25, 0.3) is 11.0 Å². The third-order valence-corrected chi connectivity index (χ3v) is 4.54. The van der Waals surface area contributed by atoms with Gasteiger partial charge >= 0.3 is 5.69 Å². The standard InChI is InChI=1S/C19H20N4O3/c1-11-7-5-6-8-13(11)12(2)20-17(24)15-10-9-14-16(21-15)22(3)19(26)23(4)18(14)25/h5-10,12H,1-4H3,(H,20,24). The molecule has 0 radical (unpaired) electrons. The number of fused-ring (bicyclic) bond motifs is 1. The van der Waals surface area contributed by atoms with Crippen molar-refractivity contribution in [1.29, 1.82) is 0 Å². The summed E-state index contributed by atoms with van der Waals surface area (Å²) in [4.78, 5) is 41.1. The van der Waals surface area contributed by atoms with E-state index in [4.69, 9.17) is 0 Å². The quantitative estimate of drug-likeness (QED) is 0.773. The second-order valence-corrected chi connectivity index (χ2v) is 6.33. The molecule has 7 nitrogen and oxygen atoms in total. The maximum Gasteiger partial charge on any atom is 0.332 e. The summed E-state index contributed by atoms with van der Waals surface area (Å²) in [5.74, 6) is -0.365. The van der Waals surface area contributed by atoms with Crippen LogP contribution < -0.4 is 16.6 Å². The van der Waals surface area contributed by atoms with Gasteiger partial charge in [0.1, 0.15) is 11.3 Å². The van der Waals surface area contributed by atoms with E-state index in [1.54, 1.807) is 0 Å². The molecule has 3 rings (SSSR count). The van der Waals surface area contributed by atoms with Crippen LogP contribution in [-0.2, 0) is 14.1 Å². The molecule has 1 aromatic carbocycles. The molecule has 0 saturated carbocycles. The zero-order chi connectivity index (χ0) is 19.0. The fourth-order valence-corrected chi connectivity index (χ4v) is 3.00. The van der Waals surface area contributed by atoms with E-state index in [2.05, 4.69) is 10.3 Å². The van der Waals surface area contributed by atoms with Crippen LogP contribution >= 0.6 is 0 Å². The Kier molecular flexibility index (Phi) is 4.46. The van der Waals surface area contributed by atoms with Gasteiger partial charge in [-0.15, -0.1) is 0 Å². The molecule has 0 spiro atoms. The molecule has 2 heterocycles. The molecule has 3 aromatic rings. The molecule has 1 amide bonds. The average Bonchev–Trinajstić information content (AvgIpc) is 2.64. The molecule has 26 heavy (non-hydrogen) atoms. The highest BCUT2D eigenvalue weighted by Crippen LogP contribution is 2.17. The highest BCUT2D eigenvalue weighted by Gasteiger charge is 2.16. The van der Waals surface area contributed by atoms with Crippen molar-refractivity contribution in [2.75, 3.05) is 0 Å². The number of rotatable bonds is 3. The lowest BCUT2D eigenvalue weighted by Gasteiger charge is -2.16. The first-order valence-electron chi connectivity index (χ1n) is 8.24. The summed E-state index contributed by atoms with van der Waals surface area (Å²) in [6.07, 6.45) is 0. The summed E-state index contributed by atoms with van der Waals surface area (Å²) in [5, 5.41) is 3.20. The van der Waals surface area contributed by atoms with Gasteiger partial charge in [-0.1, -0.05) is 24.3 Å². The molecule has 1 N–H and O–H groups in total. The number of benzene rings is 1. The van der Waals surface area contributed by atoms with Crippen molar-refractivity contribution >= 4 is 16.9 Å². The first-order valence-corrected chi connectivity index (χ1v) is 8.24. The summed E-state index contributed by atoms with van der Waals surface area (Å²) in [7, 11) is 2.93. The smallest absolute Gasteiger partial charge is 0.332 e. The van der Waals surface area contributed by atoms with Crippen LogP contribution in [0.2, 0.25) is 0 Å². The number of aromatic nitrogens is 3. The van der Waals surface area contributed by atoms with Gasteiger partial charge in [0, 0.05) is 14.1 Å². The Morgan fingerprint density at radius 2 is 1.77 bits per heavy atom. The molecule has 0 aliphatic carbocycles. The lowest BCUT2D eigenvalue weighted by Crippen LogP contribution is -2.37. The van der Waals surface area contributed by atoms with Gasteiger partial charge in [-0.25, -0.2) is 9.78 Å². The molecule has 1 atom stereocenters. The van der Waals surface area contributed by atoms with E-state index in [1.807, 2.05) is 38.1 Å². The van der Waals surface area contributed by atoms with Crippen LogP contribution in [0.15, 0.2) is 46.0 Å². The maximum absolute atomic E-state index is 12.6. The summed E-state index contributed by atoms with van der Waals surface area (Å²) < 4.78 is 2.28. The first kappa shape index (κ1) is 17.6. The molecule has 0 bridgehead atoms. The molecular weight excluding hydrogens is 332 g/mol. The van der Waals surface area contributed by atoms with Crippen LogP contribution in [0, 0.1) is 6.92 Å². The minimum absolute atomic E-state index is 0.154. The summed E-state index contributed by atoms with van der Waals surface area (Å²) >= 11 is 0. The highest BCUT2D eigenvalue weighted by molar-refractivity contribution is 5.94. The van der Waals surface area contributed by atoms with Crippen molar-refractivity contribution in [2.24, 2.45) is 14.1 Å². The van der Waals surface area contributed by atoms with Crippen LogP contribution in [0.4, 0.5) is 0 Å². The zero-order valence-corrected chi connectivity index (χ0v) is 15.1. The number of nitrogens with zero attached hydrogens (tertiary/aromatic N) is 3. The largest absolute Gasteiger partial charge is 0.344 e. The lowest BCUT2D eigenvalue weighted by molar-refractivity contribution is 0.0935. The van der Waals surface area contributed by atoms with Crippen LogP contribution in [-0.4, -0.2) is 20.0 Å². The van der Waals surface area contributed by atoms with Gasteiger partial charge in [-0.3, -0.25) is 18.7 Å². The molecule has 0 fully saturated rings. The predicted octanol–water partition coefficient (Wildman–Crippen LogP) is 1.43. The Morgan fingerprint density at radius 3 is 2.46 bits per heavy atom. The number of pyridine rings is 1. The van der Waals surface area contributed by atoms with E-state index < -0.39 is 11.2 Å². The van der Waals surface area contributed by atoms with E-state index in [0.717, 1.165) is 15.7 Å². The monoisotopic (exact) mass is 352 g/mol. The highest BCUT2D eigenvalue weighted by atomic mass is 16.2. The molecule has 0 saturated heterocycles. The van der Waals surface area contributed by atoms with Gasteiger partial charge in [-0.2, -0.15) is 0 Å². The molecular formula is C19H20N4O3. The van der Waals surface area contributed by atoms with Gasteiger partial charge in [0.15, 0.2) is 0 Å². The molecule has 2 aromatic heterocycles. The molecule has 134 valence electrons. The Bertz CT molecular complexity index is 1130. The Hall–Kier alpha value is -3.22. The van der Waals surface area contributed by atoms with Gasteiger partial charge in [0.2, 0.25) is 0 Å². The number of hydrogen-bond acceptors (Lipinski definition) is 4. The van der Waals surface area contributed by atoms with Crippen LogP contribution in [0.3, 0.4) is 0 Å². The third kappa shape index (κ3) is 2.92. The fraction of sp³-hybridized carbons (Fsp3) is 0.263. The minimum atomic E-state index is -0.485. The van der Waals surface area contributed by atoms with Crippen molar-refractivity contribution in [3.63, 3.8) is 0 Å². The number of carbonyl (C=O) groups excluding carboxylic acids is 1. The summed E-state index contributed by atoms with van der Waals surface area (Å²) in [6, 6.07) is 10.6. The van der Waals surface area contributed by atoms with Crippen LogP contribution in [0.5, 0.6) is 0 Å². The van der Waals surface area contributed by atoms with Gasteiger partial charge in [-0.05, 0) is 37.1 Å². The van der Waals surface area contributed by atoms with E-state index in [0.29, 0.717) is 0 Å². The van der Waals surface area contributed by atoms with Crippen molar-refractivity contribution in [3.8, 4) is 0 Å². The first-order chi connectivity index (χ1) is 12.3. The topological polar surface area (TPSA) is 86.0 Å². The normalized spacial score (nSPS) is 12.2. The number of carbonyl (C=O) groups is 1. The molecule has 7 heteroatoms. The van der Waals surface area contributed by atoms with Crippen molar-refractivity contribution in [2.45, 2.75) is 19.9 Å². The lowest BCUT2D eigenvalue weighted by atomic mass is 10.0. The van der Waals surface area contributed by atoms with Crippen molar-refractivity contribution in [1.82, 2.24) is 19.4 Å². The van der Waals surface area contributed by atoms with E-state index >= 15 is 0 Å². The zero-order valence-electron chi connectivity index (χ0n) is 15.1. The Balaban J connectivity index is 1.98. The second-order valence-electron chi connectivity index (χ2n) is 6.33. The number of aryl methyl sites for hydroxylation is 2. The Labute approximate surface area is 149 Å². The summed E-state index contributed by atoms with van der Waals surface area (Å²) in [6.45, 7) is 3.88. The maximum atomic E-state index is 12.6. The fourth-order valence-electron chi connectivity index (χ4n) is 3.00. The third-order valence-electron chi connectivity index (χ3n) is 4.54. The Morgan fingerprint density at radius 1 is 1.08 bits per heavy atom. The van der Waals surface area contributed by atoms with Gasteiger partial charge in [0.25, 0.3) is 11.5 Å². The number of nitrogens with one attached hydrogen (secondary N) is 1. The van der Waals surface area contributed by atoms with E-state index in [9.17, 15) is 14.4 Å². The number of amides is 1. The SMILES string of the molecule is Cc1ccccc1C(C)NC(=O)c1ccc2c(=O)n(C)c(=O)n(C)c2n1. The van der Waals surface area contributed by atoms with Gasteiger partial charge < -0.3 is 5.32 Å². The predicted molar refractivity (Wildman–Crippen MR) is 99.3 cm³/mol. The molecule has 0 aliphatic rings. The van der Waals surface area contributed by atoms with E-state index in [1.165, 1.54) is 30.8 Å². The molecule has 0 aliphatic heterocycles. The van der Waals surface area contributed by atoms with Gasteiger partial charge in [0.05, 0.1) is 11.4 Å². The number of hydrogen-bond donors (Lipinski definition) is 1.